The zero-order valence-corrected chi connectivity index (χ0v) is 13.5. The Kier molecular flexibility index (Phi) is 5.88. The van der Waals surface area contributed by atoms with E-state index in [4.69, 9.17) is 0 Å². The highest BCUT2D eigenvalue weighted by Crippen LogP contribution is 2.23. The lowest BCUT2D eigenvalue weighted by atomic mass is 9.98. The molecule has 2 rings (SSSR count). The van der Waals surface area contributed by atoms with Gasteiger partial charge in [-0.3, -0.25) is 0 Å². The average Bonchev–Trinajstić information content (AvgIpc) is 2.49. The van der Waals surface area contributed by atoms with Crippen LogP contribution in [-0.4, -0.2) is 12.6 Å². The van der Waals surface area contributed by atoms with E-state index >= 15 is 0 Å². The minimum absolute atomic E-state index is 0.00398. The van der Waals surface area contributed by atoms with Gasteiger partial charge in [-0.1, -0.05) is 37.3 Å². The normalized spacial score (nSPS) is 12.4. The van der Waals surface area contributed by atoms with Gasteiger partial charge < -0.3 is 5.32 Å². The van der Waals surface area contributed by atoms with Gasteiger partial charge in [0.2, 0.25) is 0 Å². The number of hydrogen-bond acceptors (Lipinski definition) is 1. The molecule has 112 valence electrons. The van der Waals surface area contributed by atoms with Crippen LogP contribution in [0.4, 0.5) is 8.78 Å². The van der Waals surface area contributed by atoms with Gasteiger partial charge in [-0.25, -0.2) is 8.78 Å². The van der Waals surface area contributed by atoms with Gasteiger partial charge in [0, 0.05) is 11.6 Å². The summed E-state index contributed by atoms with van der Waals surface area (Å²) in [6.07, 6.45) is 1.06. The topological polar surface area (TPSA) is 12.0 Å². The van der Waals surface area contributed by atoms with Crippen LogP contribution >= 0.6 is 15.9 Å². The van der Waals surface area contributed by atoms with Crippen molar-refractivity contribution in [1.82, 2.24) is 5.32 Å². The second-order valence-corrected chi connectivity index (χ2v) is 5.82. The van der Waals surface area contributed by atoms with E-state index < -0.39 is 11.6 Å². The molecule has 0 amide bonds. The highest BCUT2D eigenvalue weighted by Gasteiger charge is 2.17. The Hall–Kier alpha value is -1.26. The number of halogens is 3. The van der Waals surface area contributed by atoms with E-state index in [-0.39, 0.29) is 11.6 Å². The van der Waals surface area contributed by atoms with Crippen molar-refractivity contribution in [1.29, 1.82) is 0 Å². The van der Waals surface area contributed by atoms with E-state index in [9.17, 15) is 8.78 Å². The van der Waals surface area contributed by atoms with E-state index in [1.165, 1.54) is 12.1 Å². The van der Waals surface area contributed by atoms with Crippen LogP contribution in [0.2, 0.25) is 0 Å². The van der Waals surface area contributed by atoms with Crippen LogP contribution in [0.25, 0.3) is 0 Å². The molecule has 1 unspecified atom stereocenters. The SMILES string of the molecule is CCNC(Cc1ccccc1)Cc1c(F)ccc(Br)c1F. The second kappa shape index (κ2) is 7.66. The van der Waals surface area contributed by atoms with Crippen molar-refractivity contribution >= 4 is 15.9 Å². The van der Waals surface area contributed by atoms with Gasteiger partial charge in [-0.05, 0) is 53.0 Å². The Labute approximate surface area is 132 Å². The van der Waals surface area contributed by atoms with Crippen LogP contribution in [0.3, 0.4) is 0 Å². The van der Waals surface area contributed by atoms with Crippen molar-refractivity contribution < 1.29 is 8.78 Å². The standard InChI is InChI=1S/C17H18BrF2N/c1-2-21-13(10-12-6-4-3-5-7-12)11-14-16(19)9-8-15(18)17(14)20/h3-9,13,21H,2,10-11H2,1H3. The van der Waals surface area contributed by atoms with Gasteiger partial charge >= 0.3 is 0 Å². The molecule has 4 heteroatoms. The van der Waals surface area contributed by atoms with Crippen LogP contribution in [0.5, 0.6) is 0 Å². The third-order valence-electron chi connectivity index (χ3n) is 3.41. The van der Waals surface area contributed by atoms with Crippen LogP contribution in [0.15, 0.2) is 46.9 Å². The zero-order chi connectivity index (χ0) is 15.2. The lowest BCUT2D eigenvalue weighted by molar-refractivity contribution is 0.482. The molecule has 0 spiro atoms. The quantitative estimate of drug-likeness (QED) is 0.754. The molecule has 1 atom stereocenters. The van der Waals surface area contributed by atoms with Gasteiger partial charge in [0.05, 0.1) is 4.47 Å². The third-order valence-corrected chi connectivity index (χ3v) is 4.02. The number of benzene rings is 2. The molecule has 2 aromatic rings. The Balaban J connectivity index is 2.19. The summed E-state index contributed by atoms with van der Waals surface area (Å²) in [7, 11) is 0. The molecular formula is C17H18BrF2N. The third kappa shape index (κ3) is 4.35. The summed E-state index contributed by atoms with van der Waals surface area (Å²) in [6.45, 7) is 2.75. The van der Waals surface area contributed by atoms with Gasteiger partial charge in [0.1, 0.15) is 11.6 Å². The minimum atomic E-state index is -0.508. The van der Waals surface area contributed by atoms with Crippen molar-refractivity contribution in [3.8, 4) is 0 Å². The van der Waals surface area contributed by atoms with E-state index in [1.807, 2.05) is 37.3 Å². The molecule has 0 saturated carbocycles. The molecule has 0 aliphatic rings. The summed E-state index contributed by atoms with van der Waals surface area (Å²) in [6, 6.07) is 12.6. The highest BCUT2D eigenvalue weighted by atomic mass is 79.9. The molecule has 2 aromatic carbocycles. The summed E-state index contributed by atoms with van der Waals surface area (Å²) in [5.74, 6) is -1.00. The molecule has 1 nitrogen and oxygen atoms in total. The molecule has 0 fully saturated rings. The molecule has 1 N–H and O–H groups in total. The molecule has 0 aliphatic heterocycles. The zero-order valence-electron chi connectivity index (χ0n) is 11.9. The summed E-state index contributed by atoms with van der Waals surface area (Å²) in [5, 5.41) is 3.30. The van der Waals surface area contributed by atoms with Crippen molar-refractivity contribution in [2.24, 2.45) is 0 Å². The van der Waals surface area contributed by atoms with Crippen molar-refractivity contribution in [3.63, 3.8) is 0 Å². The first kappa shape index (κ1) is 16.1. The Morgan fingerprint density at radius 2 is 1.76 bits per heavy atom. The van der Waals surface area contributed by atoms with E-state index in [2.05, 4.69) is 21.2 Å². The first-order valence-electron chi connectivity index (χ1n) is 7.01. The van der Waals surface area contributed by atoms with E-state index in [0.29, 0.717) is 10.9 Å². The summed E-state index contributed by atoms with van der Waals surface area (Å²) in [4.78, 5) is 0. The number of rotatable bonds is 6. The molecule has 0 bridgehead atoms. The van der Waals surface area contributed by atoms with E-state index in [1.54, 1.807) is 0 Å². The van der Waals surface area contributed by atoms with Crippen LogP contribution in [0.1, 0.15) is 18.1 Å². The predicted molar refractivity (Wildman–Crippen MR) is 85.4 cm³/mol. The van der Waals surface area contributed by atoms with Gasteiger partial charge in [0.25, 0.3) is 0 Å². The number of hydrogen-bond donors (Lipinski definition) is 1. The number of nitrogens with one attached hydrogen (secondary N) is 1. The Morgan fingerprint density at radius 3 is 2.43 bits per heavy atom. The first-order valence-corrected chi connectivity index (χ1v) is 7.80. The fourth-order valence-electron chi connectivity index (χ4n) is 2.41. The molecular weight excluding hydrogens is 336 g/mol. The van der Waals surface area contributed by atoms with Gasteiger partial charge in [-0.2, -0.15) is 0 Å². The maximum Gasteiger partial charge on any atom is 0.143 e. The smallest absolute Gasteiger partial charge is 0.143 e. The Bertz CT molecular complexity index is 587. The lowest BCUT2D eigenvalue weighted by Gasteiger charge is -2.19. The van der Waals surface area contributed by atoms with Crippen LogP contribution < -0.4 is 5.32 Å². The van der Waals surface area contributed by atoms with Gasteiger partial charge in [0.15, 0.2) is 0 Å². The van der Waals surface area contributed by atoms with Crippen LogP contribution in [0, 0.1) is 11.6 Å². The minimum Gasteiger partial charge on any atom is -0.314 e. The van der Waals surface area contributed by atoms with Crippen molar-refractivity contribution in [2.45, 2.75) is 25.8 Å². The monoisotopic (exact) mass is 353 g/mol. The predicted octanol–water partition coefficient (Wildman–Crippen LogP) is 4.49. The molecule has 0 saturated heterocycles. The first-order chi connectivity index (χ1) is 10.1. The second-order valence-electron chi connectivity index (χ2n) is 4.97. The van der Waals surface area contributed by atoms with E-state index in [0.717, 1.165) is 18.5 Å². The summed E-state index contributed by atoms with van der Waals surface area (Å²) >= 11 is 3.11. The molecule has 0 heterocycles. The Morgan fingerprint density at radius 1 is 1.05 bits per heavy atom. The highest BCUT2D eigenvalue weighted by molar-refractivity contribution is 9.10. The van der Waals surface area contributed by atoms with Crippen molar-refractivity contribution in [2.75, 3.05) is 6.54 Å². The number of likely N-dealkylation sites (N-methyl/N-ethyl adjacent to an activating group) is 1. The van der Waals surface area contributed by atoms with Crippen molar-refractivity contribution in [3.05, 3.63) is 69.7 Å². The fourth-order valence-corrected chi connectivity index (χ4v) is 2.78. The fraction of sp³-hybridized carbons (Fsp3) is 0.294. The molecule has 21 heavy (non-hydrogen) atoms. The maximum absolute atomic E-state index is 14.1. The lowest BCUT2D eigenvalue weighted by Crippen LogP contribution is -2.33. The summed E-state index contributed by atoms with van der Waals surface area (Å²) < 4.78 is 28.3. The van der Waals surface area contributed by atoms with Gasteiger partial charge in [-0.15, -0.1) is 0 Å². The summed E-state index contributed by atoms with van der Waals surface area (Å²) in [5.41, 5.74) is 1.28. The molecule has 0 aliphatic carbocycles. The maximum atomic E-state index is 14.1. The average molecular weight is 354 g/mol. The largest absolute Gasteiger partial charge is 0.314 e. The van der Waals surface area contributed by atoms with Crippen LogP contribution in [-0.2, 0) is 12.8 Å². The molecule has 0 aromatic heterocycles. The molecule has 0 radical (unpaired) electrons.